The zero-order valence-electron chi connectivity index (χ0n) is 5.26. The average Bonchev–Trinajstić information content (AvgIpc) is 1.87. The first kappa shape index (κ1) is 9.42. The Morgan fingerprint density at radius 3 is 2.50 bits per heavy atom. The summed E-state index contributed by atoms with van der Waals surface area (Å²) in [5, 5.41) is 10.7. The third kappa shape index (κ3) is 5.55. The number of halogens is 1. The fourth-order valence-corrected chi connectivity index (χ4v) is 0.554. The van der Waals surface area contributed by atoms with Crippen LogP contribution in [0.1, 0.15) is 6.42 Å². The second-order valence-corrected chi connectivity index (χ2v) is 2.19. The maximum atomic E-state index is 10.4. The molecule has 58 valence electrons. The number of aliphatic carboxylic acids is 1. The van der Waals surface area contributed by atoms with Crippen molar-refractivity contribution >= 4 is 27.8 Å². The van der Waals surface area contributed by atoms with Gasteiger partial charge in [0, 0.05) is 6.54 Å². The van der Waals surface area contributed by atoms with Crippen LogP contribution < -0.4 is 5.32 Å². The number of carbonyl (C=O) groups is 2. The van der Waals surface area contributed by atoms with Crippen LogP contribution in [0.5, 0.6) is 0 Å². The van der Waals surface area contributed by atoms with E-state index in [0.29, 0.717) is 0 Å². The van der Waals surface area contributed by atoms with E-state index in [1.807, 2.05) is 0 Å². The molecule has 0 aliphatic carbocycles. The van der Waals surface area contributed by atoms with Gasteiger partial charge in [-0.25, -0.2) is 0 Å². The Kier molecular flexibility index (Phi) is 4.92. The zero-order valence-corrected chi connectivity index (χ0v) is 6.85. The van der Waals surface area contributed by atoms with Gasteiger partial charge in [-0.1, -0.05) is 15.9 Å². The van der Waals surface area contributed by atoms with Crippen molar-refractivity contribution in [3.8, 4) is 0 Å². The van der Waals surface area contributed by atoms with Gasteiger partial charge in [0.2, 0.25) is 5.91 Å². The van der Waals surface area contributed by atoms with E-state index in [4.69, 9.17) is 5.11 Å². The van der Waals surface area contributed by atoms with Gasteiger partial charge in [0.1, 0.15) is 0 Å². The molecule has 0 aromatic heterocycles. The van der Waals surface area contributed by atoms with Crippen molar-refractivity contribution in [2.45, 2.75) is 6.42 Å². The summed E-state index contributed by atoms with van der Waals surface area (Å²) in [7, 11) is 0. The van der Waals surface area contributed by atoms with Crippen LogP contribution in [0.15, 0.2) is 0 Å². The molecular weight excluding hydrogens is 202 g/mol. The number of carboxylic acid groups (broad SMARTS) is 1. The molecule has 0 aliphatic rings. The van der Waals surface area contributed by atoms with Gasteiger partial charge in [0.15, 0.2) is 0 Å². The average molecular weight is 210 g/mol. The second kappa shape index (κ2) is 5.22. The Hall–Kier alpha value is -0.580. The van der Waals surface area contributed by atoms with E-state index in [1.165, 1.54) is 0 Å². The lowest BCUT2D eigenvalue weighted by molar-refractivity contribution is -0.136. The van der Waals surface area contributed by atoms with Crippen LogP contribution in [0.4, 0.5) is 0 Å². The zero-order chi connectivity index (χ0) is 7.98. The van der Waals surface area contributed by atoms with Crippen molar-refractivity contribution in [2.24, 2.45) is 0 Å². The minimum absolute atomic E-state index is 0.0290. The summed E-state index contributed by atoms with van der Waals surface area (Å²) in [5.41, 5.74) is 0. The van der Waals surface area contributed by atoms with Crippen LogP contribution >= 0.6 is 15.9 Å². The molecule has 0 rings (SSSR count). The van der Waals surface area contributed by atoms with Crippen LogP contribution in [0.3, 0.4) is 0 Å². The van der Waals surface area contributed by atoms with Gasteiger partial charge in [0.25, 0.3) is 0 Å². The molecule has 2 N–H and O–H groups in total. The van der Waals surface area contributed by atoms with E-state index < -0.39 is 5.97 Å². The molecule has 0 aliphatic heterocycles. The van der Waals surface area contributed by atoms with Gasteiger partial charge in [-0.15, -0.1) is 0 Å². The van der Waals surface area contributed by atoms with Crippen LogP contribution in [-0.4, -0.2) is 28.9 Å². The summed E-state index contributed by atoms with van der Waals surface area (Å²) in [5.74, 6) is -1.10. The third-order valence-corrected chi connectivity index (χ3v) is 1.29. The molecule has 5 heteroatoms. The maximum Gasteiger partial charge on any atom is 0.305 e. The highest BCUT2D eigenvalue weighted by Gasteiger charge is 1.98. The lowest BCUT2D eigenvalue weighted by Crippen LogP contribution is -2.26. The van der Waals surface area contributed by atoms with Crippen molar-refractivity contribution in [1.82, 2.24) is 5.32 Å². The molecule has 0 spiro atoms. The second-order valence-electron chi connectivity index (χ2n) is 1.63. The van der Waals surface area contributed by atoms with Gasteiger partial charge in [-0.2, -0.15) is 0 Å². The number of alkyl halides is 1. The molecule has 1 amide bonds. The van der Waals surface area contributed by atoms with Crippen molar-refractivity contribution < 1.29 is 14.7 Å². The summed E-state index contributed by atoms with van der Waals surface area (Å²) < 4.78 is 0. The standard InChI is InChI=1S/C5H8BrNO3/c6-3-4(8)7-2-1-5(9)10/h1-3H2,(H,7,8)(H,9,10). The lowest BCUT2D eigenvalue weighted by atomic mass is 10.4. The number of hydrogen-bond donors (Lipinski definition) is 2. The molecule has 0 fully saturated rings. The SMILES string of the molecule is O=C(O)CCNC(=O)CBr. The highest BCUT2D eigenvalue weighted by Crippen LogP contribution is 1.80. The topological polar surface area (TPSA) is 66.4 Å². The Bertz CT molecular complexity index is 137. The van der Waals surface area contributed by atoms with Gasteiger partial charge in [0.05, 0.1) is 11.8 Å². The Labute approximate surface area is 66.7 Å². The van der Waals surface area contributed by atoms with Crippen molar-refractivity contribution in [2.75, 3.05) is 11.9 Å². The van der Waals surface area contributed by atoms with E-state index in [-0.39, 0.29) is 24.2 Å². The van der Waals surface area contributed by atoms with Crippen LogP contribution in [0.25, 0.3) is 0 Å². The van der Waals surface area contributed by atoms with Crippen molar-refractivity contribution in [1.29, 1.82) is 0 Å². The summed E-state index contributed by atoms with van der Waals surface area (Å²) >= 11 is 2.92. The fraction of sp³-hybridized carbons (Fsp3) is 0.600. The number of carbonyl (C=O) groups excluding carboxylic acids is 1. The lowest BCUT2D eigenvalue weighted by Gasteiger charge is -1.97. The summed E-state index contributed by atoms with van der Waals surface area (Å²) in [6.45, 7) is 0.194. The first-order valence-electron chi connectivity index (χ1n) is 2.71. The first-order valence-corrected chi connectivity index (χ1v) is 3.83. The predicted octanol–water partition coefficient (Wildman–Crippen LogP) is -0.0278. The molecular formula is C5H8BrNO3. The fourth-order valence-electron chi connectivity index (χ4n) is 0.356. The molecule has 0 aromatic carbocycles. The quantitative estimate of drug-likeness (QED) is 0.640. The maximum absolute atomic E-state index is 10.4. The smallest absolute Gasteiger partial charge is 0.305 e. The van der Waals surface area contributed by atoms with Crippen molar-refractivity contribution in [3.05, 3.63) is 0 Å². The molecule has 0 bridgehead atoms. The monoisotopic (exact) mass is 209 g/mol. The Morgan fingerprint density at radius 1 is 1.50 bits per heavy atom. The molecule has 0 aromatic rings. The molecule has 0 saturated carbocycles. The normalized spacial score (nSPS) is 8.90. The van der Waals surface area contributed by atoms with Crippen LogP contribution in [0, 0.1) is 0 Å². The summed E-state index contributed by atoms with van der Waals surface area (Å²) in [6, 6.07) is 0. The highest BCUT2D eigenvalue weighted by atomic mass is 79.9. The Morgan fingerprint density at radius 2 is 2.10 bits per heavy atom. The minimum Gasteiger partial charge on any atom is -0.481 e. The molecule has 10 heavy (non-hydrogen) atoms. The van der Waals surface area contributed by atoms with E-state index in [1.54, 1.807) is 0 Å². The highest BCUT2D eigenvalue weighted by molar-refractivity contribution is 9.09. The number of hydrogen-bond acceptors (Lipinski definition) is 2. The van der Waals surface area contributed by atoms with E-state index in [9.17, 15) is 9.59 Å². The molecule has 0 radical (unpaired) electrons. The van der Waals surface area contributed by atoms with Gasteiger partial charge >= 0.3 is 5.97 Å². The first-order chi connectivity index (χ1) is 4.66. The number of nitrogens with one attached hydrogen (secondary N) is 1. The van der Waals surface area contributed by atoms with Crippen LogP contribution in [0.2, 0.25) is 0 Å². The largest absolute Gasteiger partial charge is 0.481 e. The van der Waals surface area contributed by atoms with Gasteiger partial charge in [-0.3, -0.25) is 9.59 Å². The predicted molar refractivity (Wildman–Crippen MR) is 39.1 cm³/mol. The number of rotatable bonds is 4. The number of carboxylic acids is 1. The molecule has 0 unspecified atom stereocenters. The minimum atomic E-state index is -0.908. The molecule has 0 atom stereocenters. The molecule has 0 heterocycles. The number of amides is 1. The van der Waals surface area contributed by atoms with E-state index >= 15 is 0 Å². The third-order valence-electron chi connectivity index (χ3n) is 0.782. The summed E-state index contributed by atoms with van der Waals surface area (Å²) in [6.07, 6.45) is -0.0290. The molecule has 4 nitrogen and oxygen atoms in total. The van der Waals surface area contributed by atoms with Gasteiger partial charge in [-0.05, 0) is 0 Å². The van der Waals surface area contributed by atoms with Crippen molar-refractivity contribution in [3.63, 3.8) is 0 Å². The van der Waals surface area contributed by atoms with Gasteiger partial charge < -0.3 is 10.4 Å². The molecule has 0 saturated heterocycles. The summed E-state index contributed by atoms with van der Waals surface area (Å²) in [4.78, 5) is 20.3. The Balaban J connectivity index is 3.20. The van der Waals surface area contributed by atoms with E-state index in [2.05, 4.69) is 21.2 Å². The van der Waals surface area contributed by atoms with Crippen LogP contribution in [-0.2, 0) is 9.59 Å². The van der Waals surface area contributed by atoms with E-state index in [0.717, 1.165) is 0 Å².